The third kappa shape index (κ3) is 17.6. The summed E-state index contributed by atoms with van der Waals surface area (Å²) >= 11 is 5.83. The maximum absolute atomic E-state index is 12.9. The number of nitrogens with zero attached hydrogens (tertiary/aromatic N) is 4. The van der Waals surface area contributed by atoms with Gasteiger partial charge >= 0.3 is 0 Å². The van der Waals surface area contributed by atoms with Crippen molar-refractivity contribution in [3.8, 4) is 11.1 Å². The number of aliphatic hydroxyl groups is 6. The van der Waals surface area contributed by atoms with E-state index >= 15 is 0 Å². The zero-order valence-electron chi connectivity index (χ0n) is 37.1. The topological polar surface area (TPSA) is 346 Å². The zero-order chi connectivity index (χ0) is 48.1. The number of benzene rings is 1. The molecule has 65 heavy (non-hydrogen) atoms. The third-order valence-corrected chi connectivity index (χ3v) is 10.8. The van der Waals surface area contributed by atoms with Gasteiger partial charge in [0, 0.05) is 85.0 Å². The van der Waals surface area contributed by atoms with Crippen LogP contribution in [-0.4, -0.2) is 191 Å². The normalized spacial score (nSPS) is 15.3. The van der Waals surface area contributed by atoms with Crippen LogP contribution in [0.1, 0.15) is 41.0 Å². The Labute approximate surface area is 383 Å². The number of aromatic nitrogens is 3. The average Bonchev–Trinajstić information content (AvgIpc) is 3.30. The molecule has 0 aliphatic carbocycles. The number of guanidine groups is 1. The average molecular weight is 937 g/mol. The molecule has 2 heterocycles. The molecule has 1 aromatic carbocycles. The molecule has 0 aliphatic rings. The van der Waals surface area contributed by atoms with Crippen LogP contribution in [0.4, 0.5) is 11.6 Å². The Hall–Kier alpha value is -4.69. The van der Waals surface area contributed by atoms with E-state index in [1.807, 2.05) is 36.4 Å². The number of hydrogen-bond donors (Lipinski definition) is 12. The quantitative estimate of drug-likeness (QED) is 0.0213. The molecule has 362 valence electrons. The highest BCUT2D eigenvalue weighted by Crippen LogP contribution is 2.21. The fraction of sp³-hybridized carbons (Fsp3) is 0.571. The Bertz CT molecular complexity index is 1910. The number of pyridine rings is 1. The molecule has 23 heteroatoms. The van der Waals surface area contributed by atoms with E-state index in [1.54, 1.807) is 11.1 Å². The van der Waals surface area contributed by atoms with Gasteiger partial charge in [0.1, 0.15) is 36.6 Å². The summed E-state index contributed by atoms with van der Waals surface area (Å²) in [5.41, 5.74) is 14.7. The van der Waals surface area contributed by atoms with Crippen molar-refractivity contribution < 1.29 is 59.2 Å². The highest BCUT2D eigenvalue weighted by Gasteiger charge is 2.36. The first-order valence-electron chi connectivity index (χ1n) is 20.9. The van der Waals surface area contributed by atoms with Crippen LogP contribution in [0.25, 0.3) is 11.1 Å². The lowest BCUT2D eigenvalue weighted by Crippen LogP contribution is -2.55. The van der Waals surface area contributed by atoms with Crippen molar-refractivity contribution in [1.29, 1.82) is 5.41 Å². The summed E-state index contributed by atoms with van der Waals surface area (Å²) in [5.74, 6) is -1.50. The van der Waals surface area contributed by atoms with Crippen molar-refractivity contribution in [2.45, 2.75) is 80.9 Å². The molecule has 14 N–H and O–H groups in total. The number of carbonyl (C=O) groups is 2. The fourth-order valence-electron chi connectivity index (χ4n) is 6.74. The van der Waals surface area contributed by atoms with E-state index in [1.165, 1.54) is 28.4 Å². The molecule has 22 nitrogen and oxygen atoms in total. The van der Waals surface area contributed by atoms with E-state index in [-0.39, 0.29) is 73.6 Å². The summed E-state index contributed by atoms with van der Waals surface area (Å²) in [4.78, 5) is 39.1. The number of aryl methyl sites for hydroxylation is 2. The number of unbranched alkanes of at least 4 members (excludes halogenated alkanes) is 1. The molecule has 0 saturated heterocycles. The minimum Gasteiger partial charge on any atom is -0.394 e. The molecule has 0 saturated carbocycles. The van der Waals surface area contributed by atoms with Gasteiger partial charge in [-0.3, -0.25) is 30.2 Å². The molecule has 3 aromatic rings. The fourth-order valence-corrected chi connectivity index (χ4v) is 6.86. The number of hydrogen-bond acceptors (Lipinski definition) is 19. The number of halogens is 1. The molecule has 3 rings (SSSR count). The molecule has 0 unspecified atom stereocenters. The molecule has 0 spiro atoms. The second kappa shape index (κ2) is 28.4. The first kappa shape index (κ1) is 54.6. The maximum Gasteiger partial charge on any atom is 0.280 e. The number of aliphatic hydroxyl groups excluding tert-OH is 6. The summed E-state index contributed by atoms with van der Waals surface area (Å²) in [5, 5.41) is 78.3. The maximum atomic E-state index is 12.9. The number of carbonyl (C=O) groups excluding carboxylic acids is 2. The lowest BCUT2D eigenvalue weighted by molar-refractivity contribution is -0.147. The van der Waals surface area contributed by atoms with E-state index in [9.17, 15) is 40.2 Å². The Kier molecular flexibility index (Phi) is 23.8. The Morgan fingerprint density at radius 3 is 2.11 bits per heavy atom. The lowest BCUT2D eigenvalue weighted by Gasteiger charge is -2.36. The predicted octanol–water partition coefficient (Wildman–Crippen LogP) is -1.53. The molecule has 0 aliphatic heterocycles. The van der Waals surface area contributed by atoms with Gasteiger partial charge in [0.05, 0.1) is 25.4 Å². The van der Waals surface area contributed by atoms with Gasteiger partial charge in [0.15, 0.2) is 28.4 Å². The van der Waals surface area contributed by atoms with Crippen LogP contribution in [0.2, 0.25) is 5.15 Å². The van der Waals surface area contributed by atoms with Gasteiger partial charge in [-0.05, 0) is 42.9 Å². The Morgan fingerprint density at radius 2 is 1.49 bits per heavy atom. The van der Waals surface area contributed by atoms with Crippen LogP contribution < -0.4 is 27.4 Å². The van der Waals surface area contributed by atoms with Gasteiger partial charge in [-0.25, -0.2) is 9.97 Å². The van der Waals surface area contributed by atoms with E-state index in [0.29, 0.717) is 18.7 Å². The molecular formula is C42H65ClN10O12. The minimum atomic E-state index is -1.65. The standard InChI is InChI=1S/C42H65ClN10O12/c1-62-23-31(64-3)36(60)34(58)28(55)20-53(21-30(63-2)37(65-4)35(59)29(56)22-54)18-17-47-32(57)15-14-27-13-12-26(19-49-27)25-10-8-24(9-11-25)7-5-6-16-48-42(46)52-41(61)33-39(44)51-40(45)38(43)50-33/h8-13,19,28-31,34-37,54-56,58-60H,5-7,14-18,20-23H2,1-4H3,(H,47,57)(H4,44,45,51)(H3,46,48,52,61)/t28-,29+,30-,31+,34+,35+,36+,37+/m0/s1. The molecule has 8 atom stereocenters. The first-order chi connectivity index (χ1) is 31.1. The number of anilines is 2. The summed E-state index contributed by atoms with van der Waals surface area (Å²) in [6, 6.07) is 11.9. The number of methoxy groups -OCH3 is 4. The summed E-state index contributed by atoms with van der Waals surface area (Å²) in [6.45, 7) is -0.293. The molecule has 2 amide bonds. The molecule has 0 fully saturated rings. The van der Waals surface area contributed by atoms with Gasteiger partial charge in [-0.15, -0.1) is 0 Å². The second-order valence-electron chi connectivity index (χ2n) is 15.2. The number of amides is 2. The van der Waals surface area contributed by atoms with Crippen LogP contribution in [0.15, 0.2) is 42.6 Å². The minimum absolute atomic E-state index is 0.0166. The van der Waals surface area contributed by atoms with Crippen LogP contribution in [-0.2, 0) is 36.6 Å². The summed E-state index contributed by atoms with van der Waals surface area (Å²) in [6.07, 6.45) is -6.00. The predicted molar refractivity (Wildman–Crippen MR) is 241 cm³/mol. The number of nitrogen functional groups attached to an aromatic ring is 2. The highest BCUT2D eigenvalue weighted by molar-refractivity contribution is 6.31. The van der Waals surface area contributed by atoms with Gasteiger partial charge < -0.3 is 71.7 Å². The van der Waals surface area contributed by atoms with Crippen molar-refractivity contribution in [3.63, 3.8) is 0 Å². The molecule has 2 aromatic heterocycles. The number of rotatable bonds is 29. The van der Waals surface area contributed by atoms with Crippen molar-refractivity contribution in [3.05, 3.63) is 64.7 Å². The third-order valence-electron chi connectivity index (χ3n) is 10.5. The van der Waals surface area contributed by atoms with Crippen molar-refractivity contribution >= 4 is 41.0 Å². The SMILES string of the molecule is COC[C@@H](OC)[C@@H](O)[C@H](O)[C@@H](O)CN(CCNC(=O)CCc1ccc(-c2ccc(CCCCNC(=N)NC(=O)c3nc(Cl)c(N)nc3N)cc2)cn1)C[C@H](OC)[C@@H](OC)[C@H](O)[C@H](O)CO. The highest BCUT2D eigenvalue weighted by atomic mass is 35.5. The van der Waals surface area contributed by atoms with Crippen LogP contribution >= 0.6 is 11.6 Å². The molecule has 0 bridgehead atoms. The van der Waals surface area contributed by atoms with Crippen LogP contribution in [0, 0.1) is 5.41 Å². The smallest absolute Gasteiger partial charge is 0.280 e. The number of nitrogens with two attached hydrogens (primary N) is 2. The van der Waals surface area contributed by atoms with Crippen molar-refractivity contribution in [2.75, 3.05) is 85.8 Å². The van der Waals surface area contributed by atoms with Crippen molar-refractivity contribution in [1.82, 2.24) is 35.8 Å². The van der Waals surface area contributed by atoms with Crippen LogP contribution in [0.5, 0.6) is 0 Å². The van der Waals surface area contributed by atoms with Crippen LogP contribution in [0.3, 0.4) is 0 Å². The zero-order valence-corrected chi connectivity index (χ0v) is 37.9. The number of ether oxygens (including phenoxy) is 4. The van der Waals surface area contributed by atoms with E-state index in [2.05, 4.69) is 30.9 Å². The van der Waals surface area contributed by atoms with Crippen molar-refractivity contribution in [2.24, 2.45) is 0 Å². The van der Waals surface area contributed by atoms with Gasteiger partial charge in [0.25, 0.3) is 5.91 Å². The summed E-state index contributed by atoms with van der Waals surface area (Å²) < 4.78 is 21.2. The Morgan fingerprint density at radius 1 is 0.800 bits per heavy atom. The number of nitrogens with one attached hydrogen (secondary N) is 4. The van der Waals surface area contributed by atoms with E-state index in [0.717, 1.165) is 36.0 Å². The van der Waals surface area contributed by atoms with Gasteiger partial charge in [0.2, 0.25) is 5.91 Å². The largest absolute Gasteiger partial charge is 0.394 e. The monoisotopic (exact) mass is 936 g/mol. The van der Waals surface area contributed by atoms with Gasteiger partial charge in [-0.1, -0.05) is 41.9 Å². The second-order valence-corrected chi connectivity index (χ2v) is 15.5. The van der Waals surface area contributed by atoms with Gasteiger partial charge in [-0.2, -0.15) is 0 Å². The molecular weight excluding hydrogens is 872 g/mol. The Balaban J connectivity index is 1.47. The van der Waals surface area contributed by atoms with E-state index < -0.39 is 61.3 Å². The summed E-state index contributed by atoms with van der Waals surface area (Å²) in [7, 11) is 5.40. The lowest BCUT2D eigenvalue weighted by atomic mass is 10.0. The first-order valence-corrected chi connectivity index (χ1v) is 21.3. The molecule has 0 radical (unpaired) electrons. The van der Waals surface area contributed by atoms with E-state index in [4.69, 9.17) is 47.4 Å².